The lowest BCUT2D eigenvalue weighted by atomic mass is 10.0. The van der Waals surface area contributed by atoms with Crippen LogP contribution in [0.3, 0.4) is 0 Å². The van der Waals surface area contributed by atoms with Crippen molar-refractivity contribution in [2.75, 3.05) is 0 Å². The van der Waals surface area contributed by atoms with Gasteiger partial charge in [0.2, 0.25) is 0 Å². The average molecular weight is 303 g/mol. The summed E-state index contributed by atoms with van der Waals surface area (Å²) in [7, 11) is 0. The van der Waals surface area contributed by atoms with Crippen molar-refractivity contribution in [2.45, 2.75) is 0 Å². The first-order chi connectivity index (χ1) is 8.47. The number of hydrogen-bond acceptors (Lipinski definition) is 1. The third kappa shape index (κ3) is 2.83. The van der Waals surface area contributed by atoms with E-state index in [1.54, 1.807) is 18.2 Å². The van der Waals surface area contributed by atoms with Crippen molar-refractivity contribution in [3.8, 4) is 0 Å². The van der Waals surface area contributed by atoms with Gasteiger partial charge in [-0.05, 0) is 41.0 Å². The fourth-order valence-electron chi connectivity index (χ4n) is 1.49. The monoisotopic (exact) mass is 301 g/mol. The summed E-state index contributed by atoms with van der Waals surface area (Å²) in [6.07, 6.45) is 0. The van der Waals surface area contributed by atoms with Crippen LogP contribution in [0.4, 0.5) is 4.39 Å². The van der Waals surface area contributed by atoms with E-state index in [0.29, 0.717) is 16.7 Å². The molecule has 92 valence electrons. The van der Waals surface area contributed by atoms with Crippen molar-refractivity contribution in [3.63, 3.8) is 0 Å². The van der Waals surface area contributed by atoms with Gasteiger partial charge >= 0.3 is 0 Å². The Kier molecular flexibility index (Phi) is 3.91. The van der Waals surface area contributed by atoms with E-state index in [1.165, 1.54) is 12.1 Å². The molecule has 1 heterocycles. The Labute approximate surface area is 119 Å². The second kappa shape index (κ2) is 5.27. The van der Waals surface area contributed by atoms with Crippen LogP contribution in [0.15, 0.2) is 36.9 Å². The van der Waals surface area contributed by atoms with Crippen molar-refractivity contribution in [1.29, 1.82) is 0 Å². The van der Waals surface area contributed by atoms with Crippen LogP contribution < -0.4 is 0 Å². The molecule has 0 N–H and O–H groups in total. The Morgan fingerprint density at radius 3 is 2.17 bits per heavy atom. The van der Waals surface area contributed by atoms with Gasteiger partial charge in [-0.25, -0.2) is 9.37 Å². The van der Waals surface area contributed by atoms with Crippen molar-refractivity contribution >= 4 is 40.4 Å². The Hall–Kier alpha value is -1.09. The zero-order chi connectivity index (χ0) is 13.3. The van der Waals surface area contributed by atoms with Crippen LogP contribution in [0, 0.1) is 5.82 Å². The van der Waals surface area contributed by atoms with Crippen LogP contribution >= 0.6 is 34.8 Å². The van der Waals surface area contributed by atoms with Crippen molar-refractivity contribution in [3.05, 3.63) is 69.2 Å². The van der Waals surface area contributed by atoms with Gasteiger partial charge in [-0.15, -0.1) is 0 Å². The van der Waals surface area contributed by atoms with Gasteiger partial charge in [-0.1, -0.05) is 47.4 Å². The molecule has 0 atom stereocenters. The molecule has 0 aliphatic rings. The second-order valence-corrected chi connectivity index (χ2v) is 4.79. The fourth-order valence-corrected chi connectivity index (χ4v) is 2.07. The minimum Gasteiger partial charge on any atom is -0.224 e. The number of halogens is 4. The summed E-state index contributed by atoms with van der Waals surface area (Å²) in [5.41, 5.74) is 1.88. The summed E-state index contributed by atoms with van der Waals surface area (Å²) in [6, 6.07) is 7.69. The Balaban J connectivity index is 2.44. The Morgan fingerprint density at radius 2 is 1.61 bits per heavy atom. The minimum atomic E-state index is -0.499. The molecule has 0 spiro atoms. The van der Waals surface area contributed by atoms with Crippen molar-refractivity contribution in [2.24, 2.45) is 0 Å². The first-order valence-corrected chi connectivity index (χ1v) is 6.08. The molecule has 0 aliphatic carbocycles. The number of benzene rings is 1. The minimum absolute atomic E-state index is 0.0670. The maximum absolute atomic E-state index is 13.4. The van der Waals surface area contributed by atoms with Crippen LogP contribution in [-0.4, -0.2) is 4.98 Å². The van der Waals surface area contributed by atoms with Gasteiger partial charge < -0.3 is 0 Å². The van der Waals surface area contributed by atoms with Gasteiger partial charge in [0.1, 0.15) is 16.1 Å². The molecule has 1 aromatic heterocycles. The lowest BCUT2D eigenvalue weighted by molar-refractivity contribution is 0.628. The lowest BCUT2D eigenvalue weighted by Gasteiger charge is -2.08. The quantitative estimate of drug-likeness (QED) is 0.691. The maximum Gasteiger partial charge on any atom is 0.142 e. The predicted octanol–water partition coefficient (Wildman–Crippen LogP) is 5.24. The molecule has 0 bridgehead atoms. The molecule has 2 rings (SSSR count). The van der Waals surface area contributed by atoms with Gasteiger partial charge in [0.15, 0.2) is 0 Å². The maximum atomic E-state index is 13.4. The van der Waals surface area contributed by atoms with Crippen LogP contribution in [0.2, 0.25) is 15.3 Å². The van der Waals surface area contributed by atoms with Gasteiger partial charge in [0.25, 0.3) is 0 Å². The number of aromatic nitrogens is 1. The zero-order valence-corrected chi connectivity index (χ0v) is 11.3. The van der Waals surface area contributed by atoms with E-state index in [0.717, 1.165) is 0 Å². The van der Waals surface area contributed by atoms with Crippen molar-refractivity contribution in [1.82, 2.24) is 4.98 Å². The highest BCUT2D eigenvalue weighted by Crippen LogP contribution is 2.27. The lowest BCUT2D eigenvalue weighted by Crippen LogP contribution is -1.90. The second-order valence-electron chi connectivity index (χ2n) is 3.61. The van der Waals surface area contributed by atoms with E-state index in [9.17, 15) is 4.39 Å². The summed E-state index contributed by atoms with van der Waals surface area (Å²) in [5.74, 6) is -0.499. The van der Waals surface area contributed by atoms with Gasteiger partial charge in [0, 0.05) is 0 Å². The van der Waals surface area contributed by atoms with Crippen LogP contribution in [0.25, 0.3) is 5.57 Å². The summed E-state index contributed by atoms with van der Waals surface area (Å²) in [6.45, 7) is 3.89. The van der Waals surface area contributed by atoms with Crippen LogP contribution in [0.1, 0.15) is 11.1 Å². The molecule has 0 amide bonds. The summed E-state index contributed by atoms with van der Waals surface area (Å²) >= 11 is 17.2. The number of pyridine rings is 1. The van der Waals surface area contributed by atoms with E-state index >= 15 is 0 Å². The van der Waals surface area contributed by atoms with E-state index in [4.69, 9.17) is 34.8 Å². The molecule has 18 heavy (non-hydrogen) atoms. The molecular weight excluding hydrogens is 296 g/mol. The highest BCUT2D eigenvalue weighted by Gasteiger charge is 2.08. The first-order valence-electron chi connectivity index (χ1n) is 4.95. The van der Waals surface area contributed by atoms with Crippen molar-refractivity contribution < 1.29 is 4.39 Å². The van der Waals surface area contributed by atoms with E-state index in [1.807, 2.05) is 0 Å². The highest BCUT2D eigenvalue weighted by molar-refractivity contribution is 6.32. The summed E-state index contributed by atoms with van der Waals surface area (Å²) in [4.78, 5) is 3.84. The van der Waals surface area contributed by atoms with Crippen LogP contribution in [-0.2, 0) is 0 Å². The standard InChI is InChI=1S/C13H7Cl3FN/c1-7(8-2-3-10(14)11(17)4-8)9-5-12(15)18-13(16)6-9/h2-6H,1H2. The fraction of sp³-hybridized carbons (Fsp3) is 0. The predicted molar refractivity (Wildman–Crippen MR) is 73.8 cm³/mol. The normalized spacial score (nSPS) is 10.4. The number of nitrogens with zero attached hydrogens (tertiary/aromatic N) is 1. The number of hydrogen-bond donors (Lipinski definition) is 0. The third-order valence-corrected chi connectivity index (χ3v) is 3.07. The Morgan fingerprint density at radius 1 is 1.00 bits per heavy atom. The molecule has 1 aromatic carbocycles. The third-order valence-electron chi connectivity index (χ3n) is 2.38. The van der Waals surface area contributed by atoms with Crippen LogP contribution in [0.5, 0.6) is 0 Å². The van der Waals surface area contributed by atoms with Gasteiger partial charge in [-0.2, -0.15) is 0 Å². The Bertz CT molecular complexity index is 605. The molecule has 0 fully saturated rings. The highest BCUT2D eigenvalue weighted by atomic mass is 35.5. The molecule has 0 radical (unpaired) electrons. The molecule has 2 aromatic rings. The molecule has 0 saturated heterocycles. The van der Waals surface area contributed by atoms with E-state index in [2.05, 4.69) is 11.6 Å². The molecule has 0 saturated carbocycles. The SMILES string of the molecule is C=C(c1cc(Cl)nc(Cl)c1)c1ccc(Cl)c(F)c1. The smallest absolute Gasteiger partial charge is 0.142 e. The van der Waals surface area contributed by atoms with Gasteiger partial charge in [0.05, 0.1) is 5.02 Å². The molecular formula is C13H7Cl3FN. The molecule has 5 heteroatoms. The average Bonchev–Trinajstić information content (AvgIpc) is 2.30. The molecule has 0 unspecified atom stereocenters. The molecule has 0 aliphatic heterocycles. The first kappa shape index (κ1) is 13.3. The largest absolute Gasteiger partial charge is 0.224 e. The molecule has 1 nitrogen and oxygen atoms in total. The van der Waals surface area contributed by atoms with Gasteiger partial charge in [-0.3, -0.25) is 0 Å². The van der Waals surface area contributed by atoms with E-state index in [-0.39, 0.29) is 15.3 Å². The topological polar surface area (TPSA) is 12.9 Å². The summed E-state index contributed by atoms with van der Waals surface area (Å²) < 4.78 is 13.4. The van der Waals surface area contributed by atoms with E-state index < -0.39 is 5.82 Å². The zero-order valence-electron chi connectivity index (χ0n) is 9.05. The summed E-state index contributed by atoms with van der Waals surface area (Å²) in [5, 5.41) is 0.582. The number of rotatable bonds is 2.